The summed E-state index contributed by atoms with van der Waals surface area (Å²) >= 11 is 0. The number of carbonyl (C=O) groups is 1. The van der Waals surface area contributed by atoms with Crippen molar-refractivity contribution in [2.75, 3.05) is 19.5 Å². The number of carbonyl (C=O) groups excluding carboxylic acids is 1. The fourth-order valence-corrected chi connectivity index (χ4v) is 3.06. The molecule has 1 aromatic heterocycles. The Morgan fingerprint density at radius 1 is 1.20 bits per heavy atom. The van der Waals surface area contributed by atoms with E-state index in [9.17, 15) is 9.00 Å². The van der Waals surface area contributed by atoms with Crippen molar-refractivity contribution in [1.29, 1.82) is 0 Å². The number of aryl methyl sites for hydroxylation is 1. The SMILES string of the molecule is C=S(=O)(c1ccc(C)cc1)N(N)C(=O)Nc1ccc(OC)nc1OC. The molecule has 0 radical (unpaired) electrons. The number of anilines is 1. The molecule has 134 valence electrons. The highest BCUT2D eigenvalue weighted by atomic mass is 32.2. The topological polar surface area (TPSA) is 107 Å². The third-order valence-corrected chi connectivity index (χ3v) is 5.20. The molecule has 1 heterocycles. The van der Waals surface area contributed by atoms with Crippen LogP contribution in [0.15, 0.2) is 41.3 Å². The first-order chi connectivity index (χ1) is 11.8. The Morgan fingerprint density at radius 2 is 1.84 bits per heavy atom. The number of nitrogens with two attached hydrogens (primary N) is 1. The fraction of sp³-hybridized carbons (Fsp3) is 0.188. The summed E-state index contributed by atoms with van der Waals surface area (Å²) in [4.78, 5) is 16.8. The Morgan fingerprint density at radius 3 is 2.40 bits per heavy atom. The molecular formula is C16H20N4O4S. The van der Waals surface area contributed by atoms with Gasteiger partial charge in [-0.1, -0.05) is 17.7 Å². The van der Waals surface area contributed by atoms with Gasteiger partial charge in [-0.2, -0.15) is 9.40 Å². The lowest BCUT2D eigenvalue weighted by Gasteiger charge is -2.22. The molecule has 0 bridgehead atoms. The van der Waals surface area contributed by atoms with Crippen molar-refractivity contribution < 1.29 is 18.5 Å². The number of aromatic nitrogens is 1. The van der Waals surface area contributed by atoms with Crippen molar-refractivity contribution in [2.24, 2.45) is 5.84 Å². The average molecular weight is 364 g/mol. The summed E-state index contributed by atoms with van der Waals surface area (Å²) in [6, 6.07) is 9.03. The predicted molar refractivity (Wildman–Crippen MR) is 97.1 cm³/mol. The Kier molecular flexibility index (Phi) is 5.50. The molecule has 0 saturated heterocycles. The van der Waals surface area contributed by atoms with Crippen molar-refractivity contribution in [3.05, 3.63) is 42.0 Å². The molecule has 9 heteroatoms. The van der Waals surface area contributed by atoms with Crippen LogP contribution in [0.5, 0.6) is 11.8 Å². The molecule has 0 aliphatic rings. The van der Waals surface area contributed by atoms with Crippen LogP contribution in [0.25, 0.3) is 0 Å². The second-order valence-corrected chi connectivity index (χ2v) is 7.27. The van der Waals surface area contributed by atoms with Gasteiger partial charge in [0.25, 0.3) is 0 Å². The van der Waals surface area contributed by atoms with Crippen molar-refractivity contribution in [3.8, 4) is 11.8 Å². The Balaban J connectivity index is 2.24. The summed E-state index contributed by atoms with van der Waals surface area (Å²) in [6.45, 7) is 1.89. The Bertz CT molecular complexity index is 866. The molecule has 1 atom stereocenters. The average Bonchev–Trinajstić information content (AvgIpc) is 2.61. The molecule has 0 saturated carbocycles. The van der Waals surface area contributed by atoms with Crippen molar-refractivity contribution >= 4 is 27.3 Å². The van der Waals surface area contributed by atoms with E-state index in [-0.39, 0.29) is 11.6 Å². The summed E-state index contributed by atoms with van der Waals surface area (Å²) < 4.78 is 23.5. The van der Waals surface area contributed by atoms with Crippen LogP contribution in [0.1, 0.15) is 5.56 Å². The van der Waals surface area contributed by atoms with Crippen LogP contribution in [0, 0.1) is 6.92 Å². The first-order valence-corrected chi connectivity index (χ1v) is 8.87. The Hall–Kier alpha value is -2.78. The number of nitrogens with zero attached hydrogens (tertiary/aromatic N) is 2. The van der Waals surface area contributed by atoms with Gasteiger partial charge in [0.1, 0.15) is 5.69 Å². The summed E-state index contributed by atoms with van der Waals surface area (Å²) in [5.41, 5.74) is 1.24. The number of urea groups is 1. The van der Waals surface area contributed by atoms with Gasteiger partial charge in [-0.3, -0.25) is 0 Å². The molecular weight excluding hydrogens is 344 g/mol. The molecule has 2 rings (SSSR count). The zero-order valence-corrected chi connectivity index (χ0v) is 15.0. The van der Waals surface area contributed by atoms with Crippen LogP contribution in [-0.2, 0) is 9.71 Å². The minimum Gasteiger partial charge on any atom is -0.481 e. The van der Waals surface area contributed by atoms with E-state index < -0.39 is 15.7 Å². The maximum absolute atomic E-state index is 12.8. The number of benzene rings is 1. The third kappa shape index (κ3) is 4.01. The molecule has 3 N–H and O–H groups in total. The number of hydrogen-bond donors (Lipinski definition) is 2. The highest BCUT2D eigenvalue weighted by molar-refractivity contribution is 7.98. The van der Waals surface area contributed by atoms with Gasteiger partial charge in [0.05, 0.1) is 28.8 Å². The van der Waals surface area contributed by atoms with Crippen molar-refractivity contribution in [2.45, 2.75) is 11.8 Å². The largest absolute Gasteiger partial charge is 0.481 e. The van der Waals surface area contributed by atoms with Crippen LogP contribution in [0.3, 0.4) is 0 Å². The molecule has 2 amide bonds. The quantitative estimate of drug-likeness (QED) is 0.363. The molecule has 2 aromatic rings. The van der Waals surface area contributed by atoms with E-state index in [0.29, 0.717) is 15.2 Å². The van der Waals surface area contributed by atoms with E-state index in [0.717, 1.165) is 5.56 Å². The highest BCUT2D eigenvalue weighted by Gasteiger charge is 2.22. The van der Waals surface area contributed by atoms with E-state index in [2.05, 4.69) is 16.2 Å². The van der Waals surface area contributed by atoms with E-state index in [1.165, 1.54) is 20.3 Å². The van der Waals surface area contributed by atoms with Crippen LogP contribution in [-0.4, -0.2) is 39.7 Å². The van der Waals surface area contributed by atoms with Crippen LogP contribution < -0.4 is 20.6 Å². The molecule has 25 heavy (non-hydrogen) atoms. The van der Waals surface area contributed by atoms with Gasteiger partial charge in [-0.15, -0.1) is 0 Å². The van der Waals surface area contributed by atoms with Gasteiger partial charge >= 0.3 is 6.03 Å². The number of ether oxygens (including phenoxy) is 2. The molecule has 0 aliphatic carbocycles. The lowest BCUT2D eigenvalue weighted by atomic mass is 10.2. The number of pyridine rings is 1. The third-order valence-electron chi connectivity index (χ3n) is 3.39. The maximum atomic E-state index is 12.8. The summed E-state index contributed by atoms with van der Waals surface area (Å²) in [7, 11) is -0.338. The zero-order chi connectivity index (χ0) is 18.6. The monoisotopic (exact) mass is 364 g/mol. The van der Waals surface area contributed by atoms with E-state index in [1.54, 1.807) is 30.3 Å². The minimum atomic E-state index is -3.19. The van der Waals surface area contributed by atoms with Crippen molar-refractivity contribution in [1.82, 2.24) is 9.40 Å². The first kappa shape index (κ1) is 18.6. The number of nitrogens with one attached hydrogen (secondary N) is 1. The van der Waals surface area contributed by atoms with E-state index >= 15 is 0 Å². The molecule has 1 unspecified atom stereocenters. The standard InChI is InChI=1S/C16H20N4O4S/c1-11-5-7-12(8-6-11)25(4,22)20(17)16(21)18-13-9-10-14(23-2)19-15(13)24-3/h5-10H,4,17H2,1-3H3,(H,18,21). The lowest BCUT2D eigenvalue weighted by Crippen LogP contribution is -2.44. The number of amides is 2. The smallest absolute Gasteiger partial charge is 0.348 e. The molecule has 0 fully saturated rings. The highest BCUT2D eigenvalue weighted by Crippen LogP contribution is 2.25. The second-order valence-electron chi connectivity index (χ2n) is 5.12. The predicted octanol–water partition coefficient (Wildman–Crippen LogP) is 1.81. The van der Waals surface area contributed by atoms with Gasteiger partial charge in [0.2, 0.25) is 11.8 Å². The van der Waals surface area contributed by atoms with Gasteiger partial charge < -0.3 is 14.8 Å². The van der Waals surface area contributed by atoms with Crippen molar-refractivity contribution in [3.63, 3.8) is 0 Å². The van der Waals surface area contributed by atoms with Crippen LogP contribution >= 0.6 is 0 Å². The van der Waals surface area contributed by atoms with Crippen LogP contribution in [0.4, 0.5) is 10.5 Å². The summed E-state index contributed by atoms with van der Waals surface area (Å²) in [5.74, 6) is 9.81. The van der Waals surface area contributed by atoms with Gasteiger partial charge in [-0.05, 0) is 31.0 Å². The second kappa shape index (κ2) is 7.41. The fourth-order valence-electron chi connectivity index (χ4n) is 1.96. The lowest BCUT2D eigenvalue weighted by molar-refractivity contribution is 0.237. The molecule has 0 aliphatic heterocycles. The molecule has 1 aromatic carbocycles. The number of hydrazine groups is 1. The normalized spacial score (nSPS) is 12.8. The number of hydrogen-bond acceptors (Lipinski definition) is 6. The summed E-state index contributed by atoms with van der Waals surface area (Å²) in [5, 5.41) is 2.50. The van der Waals surface area contributed by atoms with E-state index in [4.69, 9.17) is 15.3 Å². The molecule has 8 nitrogen and oxygen atoms in total. The first-order valence-electron chi connectivity index (χ1n) is 7.18. The van der Waals surface area contributed by atoms with Crippen LogP contribution in [0.2, 0.25) is 0 Å². The number of methoxy groups -OCH3 is 2. The van der Waals surface area contributed by atoms with E-state index in [1.807, 2.05) is 6.92 Å². The maximum Gasteiger partial charge on any atom is 0.348 e. The minimum absolute atomic E-state index is 0.131. The number of rotatable bonds is 5. The molecule has 0 spiro atoms. The Labute approximate surface area is 146 Å². The van der Waals surface area contributed by atoms with Gasteiger partial charge in [0, 0.05) is 6.07 Å². The summed E-state index contributed by atoms with van der Waals surface area (Å²) in [6.07, 6.45) is 0. The van der Waals surface area contributed by atoms with Gasteiger partial charge in [0.15, 0.2) is 0 Å². The van der Waals surface area contributed by atoms with Gasteiger partial charge in [-0.25, -0.2) is 14.8 Å². The zero-order valence-electron chi connectivity index (χ0n) is 14.2.